The summed E-state index contributed by atoms with van der Waals surface area (Å²) in [5.41, 5.74) is 4.70. The third kappa shape index (κ3) is 11.7. The normalized spacial score (nSPS) is 14.4. The number of methoxy groups -OCH3 is 1. The van der Waals surface area contributed by atoms with Crippen LogP contribution in [0.15, 0.2) is 65.9 Å². The monoisotopic (exact) mass is 412 g/mol. The SMILES string of the molecule is CC.CC(C)C(C)CC(C)(C)C.COc1ccccc1OC(C)C1=C=CC=CC=C1. The van der Waals surface area contributed by atoms with Gasteiger partial charge in [-0.05, 0) is 54.9 Å². The first-order valence-electron chi connectivity index (χ1n) is 11.2. The fourth-order valence-corrected chi connectivity index (χ4v) is 2.90. The van der Waals surface area contributed by atoms with Gasteiger partial charge in [-0.1, -0.05) is 85.8 Å². The molecule has 1 aliphatic rings. The van der Waals surface area contributed by atoms with Crippen LogP contribution in [-0.2, 0) is 0 Å². The third-order valence-electron chi connectivity index (χ3n) is 4.73. The molecule has 30 heavy (non-hydrogen) atoms. The molecule has 0 heterocycles. The Hall–Kier alpha value is -2.18. The fourth-order valence-electron chi connectivity index (χ4n) is 2.90. The van der Waals surface area contributed by atoms with E-state index in [2.05, 4.69) is 47.3 Å². The standard InChI is InChI=1S/C16H16O2.C10H22.C2H6/c1-13(14-9-5-3-4-6-10-14)18-16-12-8-7-11-15(16)17-2;1-8(2)9(3)7-10(4,5)6;1-2/h3-9,11-13H,1-2H3;8-9H,7H2,1-6H3;1-2H3. The molecule has 0 saturated heterocycles. The van der Waals surface area contributed by atoms with Crippen molar-refractivity contribution in [1.82, 2.24) is 0 Å². The largest absolute Gasteiger partial charge is 0.493 e. The van der Waals surface area contributed by atoms with Crippen LogP contribution < -0.4 is 9.47 Å². The van der Waals surface area contributed by atoms with Crippen LogP contribution in [0.5, 0.6) is 11.5 Å². The number of para-hydroxylation sites is 2. The molecule has 2 heteroatoms. The van der Waals surface area contributed by atoms with Crippen molar-refractivity contribution in [2.24, 2.45) is 17.3 Å². The molecule has 0 bridgehead atoms. The van der Waals surface area contributed by atoms with Gasteiger partial charge in [-0.2, -0.15) is 0 Å². The Bertz CT molecular complexity index is 710. The van der Waals surface area contributed by atoms with Gasteiger partial charge in [-0.3, -0.25) is 0 Å². The van der Waals surface area contributed by atoms with Crippen LogP contribution >= 0.6 is 0 Å². The third-order valence-corrected chi connectivity index (χ3v) is 4.73. The summed E-state index contributed by atoms with van der Waals surface area (Å²) >= 11 is 0. The smallest absolute Gasteiger partial charge is 0.162 e. The molecule has 2 atom stereocenters. The lowest BCUT2D eigenvalue weighted by molar-refractivity contribution is 0.247. The average Bonchev–Trinajstić information content (AvgIpc) is 2.99. The summed E-state index contributed by atoms with van der Waals surface area (Å²) in [5, 5.41) is 0. The van der Waals surface area contributed by atoms with Crippen LogP contribution in [0.2, 0.25) is 0 Å². The van der Waals surface area contributed by atoms with Crippen LogP contribution in [0.25, 0.3) is 0 Å². The van der Waals surface area contributed by atoms with E-state index < -0.39 is 0 Å². The highest BCUT2D eigenvalue weighted by Crippen LogP contribution is 2.29. The molecule has 0 fully saturated rings. The lowest BCUT2D eigenvalue weighted by Gasteiger charge is -2.25. The molecule has 0 aliphatic heterocycles. The van der Waals surface area contributed by atoms with Gasteiger partial charge in [-0.15, -0.1) is 5.73 Å². The van der Waals surface area contributed by atoms with Crippen LogP contribution in [-0.4, -0.2) is 13.2 Å². The molecular formula is C28H44O2. The second-order valence-electron chi connectivity index (χ2n) is 8.91. The van der Waals surface area contributed by atoms with Crippen molar-refractivity contribution >= 4 is 0 Å². The Balaban J connectivity index is 0.000000600. The minimum Gasteiger partial charge on any atom is -0.493 e. The first-order valence-corrected chi connectivity index (χ1v) is 11.2. The quantitative estimate of drug-likeness (QED) is 0.437. The predicted octanol–water partition coefficient (Wildman–Crippen LogP) is 8.41. The van der Waals surface area contributed by atoms with Crippen molar-refractivity contribution in [3.05, 3.63) is 65.9 Å². The average molecular weight is 413 g/mol. The highest BCUT2D eigenvalue weighted by molar-refractivity contribution is 5.40. The number of hydrogen-bond donors (Lipinski definition) is 0. The molecule has 0 spiro atoms. The summed E-state index contributed by atoms with van der Waals surface area (Å²) in [6.45, 7) is 19.9. The van der Waals surface area contributed by atoms with E-state index in [0.717, 1.165) is 28.9 Å². The Morgan fingerprint density at radius 1 is 0.900 bits per heavy atom. The number of hydrogen-bond acceptors (Lipinski definition) is 2. The molecule has 0 saturated carbocycles. The van der Waals surface area contributed by atoms with Gasteiger partial charge in [0.25, 0.3) is 0 Å². The van der Waals surface area contributed by atoms with E-state index in [1.165, 1.54) is 6.42 Å². The summed E-state index contributed by atoms with van der Waals surface area (Å²) < 4.78 is 11.2. The number of allylic oxidation sites excluding steroid dienone is 3. The van der Waals surface area contributed by atoms with Gasteiger partial charge in [0, 0.05) is 5.57 Å². The summed E-state index contributed by atoms with van der Waals surface area (Å²) in [4.78, 5) is 0. The molecule has 2 nitrogen and oxygen atoms in total. The molecule has 0 amide bonds. The van der Waals surface area contributed by atoms with Crippen molar-refractivity contribution in [1.29, 1.82) is 0 Å². The van der Waals surface area contributed by atoms with Crippen molar-refractivity contribution in [3.8, 4) is 11.5 Å². The Labute approximate surface area is 186 Å². The van der Waals surface area contributed by atoms with Gasteiger partial charge in [0.15, 0.2) is 11.5 Å². The van der Waals surface area contributed by atoms with Gasteiger partial charge >= 0.3 is 0 Å². The van der Waals surface area contributed by atoms with Crippen molar-refractivity contribution in [2.45, 2.75) is 74.8 Å². The molecule has 0 N–H and O–H groups in total. The van der Waals surface area contributed by atoms with E-state index in [0.29, 0.717) is 5.41 Å². The van der Waals surface area contributed by atoms with Crippen molar-refractivity contribution in [3.63, 3.8) is 0 Å². The lowest BCUT2D eigenvalue weighted by Crippen LogP contribution is -2.14. The maximum absolute atomic E-state index is 5.91. The molecule has 1 aromatic rings. The zero-order chi connectivity index (χ0) is 23.2. The molecule has 2 rings (SSSR count). The maximum Gasteiger partial charge on any atom is 0.162 e. The summed E-state index contributed by atoms with van der Waals surface area (Å²) in [6.07, 6.45) is 11.0. The first-order chi connectivity index (χ1) is 14.1. The second-order valence-corrected chi connectivity index (χ2v) is 8.91. The highest BCUT2D eigenvalue weighted by atomic mass is 16.5. The van der Waals surface area contributed by atoms with Crippen LogP contribution in [0, 0.1) is 17.3 Å². The first kappa shape index (κ1) is 27.8. The lowest BCUT2D eigenvalue weighted by atomic mass is 9.81. The number of benzene rings is 1. The van der Waals surface area contributed by atoms with Gasteiger partial charge < -0.3 is 9.47 Å². The molecule has 0 aromatic heterocycles. The topological polar surface area (TPSA) is 18.5 Å². The van der Waals surface area contributed by atoms with Gasteiger partial charge in [0.1, 0.15) is 6.10 Å². The Morgan fingerprint density at radius 2 is 1.50 bits per heavy atom. The molecular weight excluding hydrogens is 368 g/mol. The molecule has 0 radical (unpaired) electrons. The Morgan fingerprint density at radius 3 is 2.00 bits per heavy atom. The van der Waals surface area contributed by atoms with Crippen LogP contribution in [0.4, 0.5) is 0 Å². The number of ether oxygens (including phenoxy) is 2. The van der Waals surface area contributed by atoms with E-state index in [4.69, 9.17) is 9.47 Å². The highest BCUT2D eigenvalue weighted by Gasteiger charge is 2.17. The molecule has 2 unspecified atom stereocenters. The van der Waals surface area contributed by atoms with Gasteiger partial charge in [-0.25, -0.2) is 0 Å². The Kier molecular flexibility index (Phi) is 13.7. The zero-order valence-electron chi connectivity index (χ0n) is 21.0. The van der Waals surface area contributed by atoms with Crippen LogP contribution in [0.1, 0.15) is 68.7 Å². The van der Waals surface area contributed by atoms with Crippen molar-refractivity contribution < 1.29 is 9.47 Å². The van der Waals surface area contributed by atoms with E-state index in [9.17, 15) is 0 Å². The maximum atomic E-state index is 5.91. The predicted molar refractivity (Wildman–Crippen MR) is 132 cm³/mol. The van der Waals surface area contributed by atoms with E-state index in [1.807, 2.05) is 75.4 Å². The van der Waals surface area contributed by atoms with Crippen molar-refractivity contribution in [2.75, 3.05) is 7.11 Å². The van der Waals surface area contributed by atoms with Gasteiger partial charge in [0.2, 0.25) is 0 Å². The fraction of sp³-hybridized carbons (Fsp3) is 0.536. The van der Waals surface area contributed by atoms with Crippen LogP contribution in [0.3, 0.4) is 0 Å². The molecule has 1 aliphatic carbocycles. The molecule has 168 valence electrons. The van der Waals surface area contributed by atoms with E-state index >= 15 is 0 Å². The summed E-state index contributed by atoms with van der Waals surface area (Å²) in [7, 11) is 1.64. The second kappa shape index (κ2) is 14.7. The summed E-state index contributed by atoms with van der Waals surface area (Å²) in [5.74, 6) is 3.18. The van der Waals surface area contributed by atoms with Gasteiger partial charge in [0.05, 0.1) is 7.11 Å². The minimum atomic E-state index is -0.0753. The number of rotatable bonds is 6. The minimum absolute atomic E-state index is 0.0753. The van der Waals surface area contributed by atoms with E-state index in [1.54, 1.807) is 7.11 Å². The van der Waals surface area contributed by atoms with E-state index in [-0.39, 0.29) is 6.10 Å². The summed E-state index contributed by atoms with van der Waals surface area (Å²) in [6, 6.07) is 7.64. The molecule has 1 aromatic carbocycles. The zero-order valence-corrected chi connectivity index (χ0v) is 21.0.